The van der Waals surface area contributed by atoms with Crippen molar-refractivity contribution >= 4 is 27.6 Å². The number of fused-ring (bicyclic) bond motifs is 3. The molecule has 0 atom stereocenters. The summed E-state index contributed by atoms with van der Waals surface area (Å²) in [7, 11) is 1.91. The molecule has 4 aromatic rings. The Hall–Kier alpha value is -2.88. The SMILES string of the molecule is Cn1cc2c(n1)c(N)nc1cccc(CCc3ccccc3)c12. The van der Waals surface area contributed by atoms with E-state index in [1.807, 2.05) is 25.4 Å². The van der Waals surface area contributed by atoms with Gasteiger partial charge in [-0.05, 0) is 30.0 Å². The van der Waals surface area contributed by atoms with Crippen molar-refractivity contribution in [3.05, 3.63) is 65.9 Å². The summed E-state index contributed by atoms with van der Waals surface area (Å²) < 4.78 is 1.80. The lowest BCUT2D eigenvalue weighted by atomic mass is 9.98. The molecule has 0 saturated carbocycles. The summed E-state index contributed by atoms with van der Waals surface area (Å²) >= 11 is 0. The van der Waals surface area contributed by atoms with Gasteiger partial charge in [0, 0.05) is 24.0 Å². The third kappa shape index (κ3) is 2.42. The average Bonchev–Trinajstić information content (AvgIpc) is 2.96. The Kier molecular flexibility index (Phi) is 3.23. The Balaban J connectivity index is 1.84. The lowest BCUT2D eigenvalue weighted by Crippen LogP contribution is -1.97. The first-order valence-electron chi connectivity index (χ1n) is 7.77. The number of nitrogen functional groups attached to an aromatic ring is 1. The van der Waals surface area contributed by atoms with E-state index in [0.29, 0.717) is 5.82 Å². The van der Waals surface area contributed by atoms with Gasteiger partial charge in [-0.1, -0.05) is 42.5 Å². The molecule has 0 aliphatic carbocycles. The predicted octanol–water partition coefficient (Wildman–Crippen LogP) is 3.49. The monoisotopic (exact) mass is 302 g/mol. The van der Waals surface area contributed by atoms with Gasteiger partial charge in [0.05, 0.1) is 5.52 Å². The molecule has 2 heterocycles. The molecule has 0 saturated heterocycles. The smallest absolute Gasteiger partial charge is 0.152 e. The molecule has 0 spiro atoms. The van der Waals surface area contributed by atoms with Gasteiger partial charge < -0.3 is 5.73 Å². The topological polar surface area (TPSA) is 56.7 Å². The molecule has 0 bridgehead atoms. The lowest BCUT2D eigenvalue weighted by molar-refractivity contribution is 0.780. The van der Waals surface area contributed by atoms with E-state index in [4.69, 9.17) is 5.73 Å². The summed E-state index contributed by atoms with van der Waals surface area (Å²) in [5.74, 6) is 0.494. The van der Waals surface area contributed by atoms with E-state index in [1.54, 1.807) is 4.68 Å². The van der Waals surface area contributed by atoms with Gasteiger partial charge in [0.2, 0.25) is 0 Å². The van der Waals surface area contributed by atoms with Crippen LogP contribution in [-0.2, 0) is 19.9 Å². The van der Waals surface area contributed by atoms with E-state index in [-0.39, 0.29) is 0 Å². The Bertz CT molecular complexity index is 987. The number of hydrogen-bond donors (Lipinski definition) is 1. The molecule has 0 fully saturated rings. The Morgan fingerprint density at radius 3 is 2.65 bits per heavy atom. The van der Waals surface area contributed by atoms with Crippen molar-refractivity contribution < 1.29 is 0 Å². The van der Waals surface area contributed by atoms with Crippen LogP contribution in [-0.4, -0.2) is 14.8 Å². The van der Waals surface area contributed by atoms with Crippen LogP contribution in [0.5, 0.6) is 0 Å². The fraction of sp³-hybridized carbons (Fsp3) is 0.158. The highest BCUT2D eigenvalue weighted by Gasteiger charge is 2.12. The molecule has 0 amide bonds. The number of rotatable bonds is 3. The van der Waals surface area contributed by atoms with E-state index < -0.39 is 0 Å². The maximum Gasteiger partial charge on any atom is 0.152 e. The van der Waals surface area contributed by atoms with E-state index in [0.717, 1.165) is 29.3 Å². The number of aromatic nitrogens is 3. The first-order chi connectivity index (χ1) is 11.2. The molecular weight excluding hydrogens is 284 g/mol. The van der Waals surface area contributed by atoms with E-state index in [9.17, 15) is 0 Å². The maximum atomic E-state index is 6.06. The highest BCUT2D eigenvalue weighted by molar-refractivity contribution is 6.09. The van der Waals surface area contributed by atoms with E-state index in [2.05, 4.69) is 46.5 Å². The third-order valence-electron chi connectivity index (χ3n) is 4.24. The van der Waals surface area contributed by atoms with Crippen LogP contribution in [0.4, 0.5) is 5.82 Å². The molecule has 0 aliphatic heterocycles. The summed E-state index contributed by atoms with van der Waals surface area (Å²) in [4.78, 5) is 4.53. The number of aryl methyl sites for hydroxylation is 3. The molecular formula is C19H18N4. The van der Waals surface area contributed by atoms with Crippen molar-refractivity contribution in [1.82, 2.24) is 14.8 Å². The maximum absolute atomic E-state index is 6.06. The number of benzene rings is 2. The summed E-state index contributed by atoms with van der Waals surface area (Å²) in [6.45, 7) is 0. The second-order valence-electron chi connectivity index (χ2n) is 5.86. The number of hydrogen-bond acceptors (Lipinski definition) is 3. The minimum absolute atomic E-state index is 0.494. The van der Waals surface area contributed by atoms with Crippen molar-refractivity contribution in [2.24, 2.45) is 7.05 Å². The average molecular weight is 302 g/mol. The van der Waals surface area contributed by atoms with Crippen LogP contribution in [0.3, 0.4) is 0 Å². The number of nitrogens with zero attached hydrogens (tertiary/aromatic N) is 3. The molecule has 0 radical (unpaired) electrons. The molecule has 2 aromatic heterocycles. The van der Waals surface area contributed by atoms with Gasteiger partial charge in [0.15, 0.2) is 5.82 Å². The van der Waals surface area contributed by atoms with Crippen molar-refractivity contribution in [3.8, 4) is 0 Å². The molecule has 23 heavy (non-hydrogen) atoms. The molecule has 0 unspecified atom stereocenters. The molecule has 2 N–H and O–H groups in total. The minimum atomic E-state index is 0.494. The van der Waals surface area contributed by atoms with Gasteiger partial charge in [-0.25, -0.2) is 4.98 Å². The Morgan fingerprint density at radius 2 is 1.83 bits per heavy atom. The molecule has 4 rings (SSSR count). The van der Waals surface area contributed by atoms with Crippen molar-refractivity contribution in [2.75, 3.05) is 5.73 Å². The fourth-order valence-electron chi connectivity index (χ4n) is 3.17. The second-order valence-corrected chi connectivity index (χ2v) is 5.86. The summed E-state index contributed by atoms with van der Waals surface area (Å²) in [5, 5.41) is 6.70. The standard InChI is InChI=1S/C19H18N4/c1-23-12-15-17-14(11-10-13-6-3-2-4-7-13)8-5-9-16(17)21-19(20)18(15)22-23/h2-9,12H,10-11H2,1H3,(H2,20,21). The molecule has 4 heteroatoms. The zero-order valence-corrected chi connectivity index (χ0v) is 13.0. The zero-order chi connectivity index (χ0) is 15.8. The second kappa shape index (κ2) is 5.39. The Morgan fingerprint density at radius 1 is 1.00 bits per heavy atom. The first-order valence-corrected chi connectivity index (χ1v) is 7.77. The highest BCUT2D eigenvalue weighted by Crippen LogP contribution is 2.30. The summed E-state index contributed by atoms with van der Waals surface area (Å²) in [6.07, 6.45) is 4.00. The lowest BCUT2D eigenvalue weighted by Gasteiger charge is -2.08. The molecule has 0 aliphatic rings. The van der Waals surface area contributed by atoms with Crippen LogP contribution in [0, 0.1) is 0 Å². The minimum Gasteiger partial charge on any atom is -0.382 e. The van der Waals surface area contributed by atoms with Crippen molar-refractivity contribution in [3.63, 3.8) is 0 Å². The number of pyridine rings is 1. The van der Waals surface area contributed by atoms with Crippen molar-refractivity contribution in [1.29, 1.82) is 0 Å². The van der Waals surface area contributed by atoms with Gasteiger partial charge in [-0.3, -0.25) is 4.68 Å². The van der Waals surface area contributed by atoms with Crippen LogP contribution in [0.2, 0.25) is 0 Å². The quantitative estimate of drug-likeness (QED) is 0.630. The van der Waals surface area contributed by atoms with Crippen LogP contribution >= 0.6 is 0 Å². The highest BCUT2D eigenvalue weighted by atomic mass is 15.3. The fourth-order valence-corrected chi connectivity index (χ4v) is 3.17. The number of anilines is 1. The van der Waals surface area contributed by atoms with Crippen LogP contribution in [0.1, 0.15) is 11.1 Å². The van der Waals surface area contributed by atoms with E-state index in [1.165, 1.54) is 16.5 Å². The van der Waals surface area contributed by atoms with Gasteiger partial charge in [-0.2, -0.15) is 5.10 Å². The van der Waals surface area contributed by atoms with E-state index >= 15 is 0 Å². The van der Waals surface area contributed by atoms with Crippen molar-refractivity contribution in [2.45, 2.75) is 12.8 Å². The molecule has 114 valence electrons. The first kappa shape index (κ1) is 13.8. The Labute approximate surface area is 134 Å². The zero-order valence-electron chi connectivity index (χ0n) is 13.0. The van der Waals surface area contributed by atoms with Crippen LogP contribution in [0.25, 0.3) is 21.8 Å². The molecule has 2 aromatic carbocycles. The van der Waals surface area contributed by atoms with Gasteiger partial charge >= 0.3 is 0 Å². The normalized spacial score (nSPS) is 11.3. The van der Waals surface area contributed by atoms with Crippen LogP contribution in [0.15, 0.2) is 54.7 Å². The van der Waals surface area contributed by atoms with Gasteiger partial charge in [0.25, 0.3) is 0 Å². The summed E-state index contributed by atoms with van der Waals surface area (Å²) in [6, 6.07) is 16.8. The predicted molar refractivity (Wildman–Crippen MR) is 94.3 cm³/mol. The molecule has 4 nitrogen and oxygen atoms in total. The number of nitrogens with two attached hydrogens (primary N) is 1. The summed E-state index contributed by atoms with van der Waals surface area (Å²) in [5.41, 5.74) is 10.4. The van der Waals surface area contributed by atoms with Gasteiger partial charge in [-0.15, -0.1) is 0 Å². The van der Waals surface area contributed by atoms with Crippen LogP contribution < -0.4 is 5.73 Å². The van der Waals surface area contributed by atoms with Gasteiger partial charge in [0.1, 0.15) is 5.52 Å². The largest absolute Gasteiger partial charge is 0.382 e. The third-order valence-corrected chi connectivity index (χ3v) is 4.24.